The maximum Gasteiger partial charge on any atom is 0.257 e. The predicted octanol–water partition coefficient (Wildman–Crippen LogP) is 3.81. The Kier molecular flexibility index (Phi) is 5.48. The highest BCUT2D eigenvalue weighted by Crippen LogP contribution is 2.28. The quantitative estimate of drug-likeness (QED) is 0.500. The lowest BCUT2D eigenvalue weighted by Crippen LogP contribution is -2.46. The van der Waals surface area contributed by atoms with E-state index in [0.29, 0.717) is 49.2 Å². The Balaban J connectivity index is 1.34. The number of fused-ring (bicyclic) bond motifs is 1. The van der Waals surface area contributed by atoms with Gasteiger partial charge in [-0.1, -0.05) is 6.07 Å². The Labute approximate surface area is 188 Å². The summed E-state index contributed by atoms with van der Waals surface area (Å²) in [7, 11) is 0. The second-order valence-electron chi connectivity index (χ2n) is 7.78. The lowest BCUT2D eigenvalue weighted by Gasteiger charge is -2.32. The number of thiophene rings is 1. The van der Waals surface area contributed by atoms with Crippen molar-refractivity contribution in [3.8, 4) is 10.6 Å². The van der Waals surface area contributed by atoms with E-state index in [-0.39, 0.29) is 17.9 Å². The van der Waals surface area contributed by atoms with E-state index in [1.807, 2.05) is 35.2 Å². The summed E-state index contributed by atoms with van der Waals surface area (Å²) in [6, 6.07) is 7.50. The number of rotatable bonds is 5. The minimum atomic E-state index is -0.134. The first-order valence-corrected chi connectivity index (χ1v) is 11.5. The molecule has 0 aliphatic carbocycles. The van der Waals surface area contributed by atoms with Crippen LogP contribution in [0.3, 0.4) is 0 Å². The molecule has 0 aromatic carbocycles. The van der Waals surface area contributed by atoms with E-state index in [0.717, 1.165) is 16.0 Å². The van der Waals surface area contributed by atoms with Crippen molar-refractivity contribution in [3.63, 3.8) is 0 Å². The number of hydrogen-bond acceptors (Lipinski definition) is 6. The van der Waals surface area contributed by atoms with Crippen LogP contribution in [0.5, 0.6) is 0 Å². The molecule has 4 aromatic rings. The van der Waals surface area contributed by atoms with Gasteiger partial charge in [-0.25, -0.2) is 9.67 Å². The predicted molar refractivity (Wildman–Crippen MR) is 122 cm³/mol. The second-order valence-corrected chi connectivity index (χ2v) is 8.73. The van der Waals surface area contributed by atoms with Crippen molar-refractivity contribution in [2.75, 3.05) is 13.1 Å². The summed E-state index contributed by atoms with van der Waals surface area (Å²) in [4.78, 5) is 33.4. The molecular formula is C23H23N5O3S. The van der Waals surface area contributed by atoms with E-state index in [1.165, 1.54) is 12.5 Å². The van der Waals surface area contributed by atoms with E-state index in [2.05, 4.69) is 10.4 Å². The van der Waals surface area contributed by atoms with E-state index in [1.54, 1.807) is 28.5 Å². The molecule has 1 fully saturated rings. The second kappa shape index (κ2) is 8.58. The number of likely N-dealkylation sites (tertiary alicyclic amines) is 1. The van der Waals surface area contributed by atoms with Crippen LogP contribution in [0, 0.1) is 0 Å². The number of aryl methyl sites for hydroxylation is 1. The first-order valence-electron chi connectivity index (χ1n) is 10.7. The van der Waals surface area contributed by atoms with Crippen molar-refractivity contribution in [2.45, 2.75) is 32.4 Å². The molecule has 4 aromatic heterocycles. The average Bonchev–Trinajstić information content (AvgIpc) is 3.60. The fourth-order valence-corrected chi connectivity index (χ4v) is 4.76. The SMILES string of the molecule is CCn1ncc2c(C(=O)NC3CCN(C(=O)c4ccoc4)CC3)cc(-c3cccs3)nc21. The normalized spacial score (nSPS) is 14.7. The standard InChI is InChI=1S/C23H23N5O3S/c1-2-28-21-18(13-24-28)17(12-19(26-21)20-4-3-11-32-20)22(29)25-16-5-8-27(9-6-16)23(30)15-7-10-31-14-15/h3-4,7,10-14,16H,2,5-6,8-9H2,1H3,(H,25,29). The van der Waals surface area contributed by atoms with Gasteiger partial charge in [0.05, 0.1) is 39.5 Å². The number of nitrogens with one attached hydrogen (secondary N) is 1. The third-order valence-electron chi connectivity index (χ3n) is 5.81. The Bertz CT molecular complexity index is 1240. The van der Waals surface area contributed by atoms with Gasteiger partial charge in [0, 0.05) is 25.7 Å². The van der Waals surface area contributed by atoms with Crippen molar-refractivity contribution >= 4 is 34.2 Å². The maximum absolute atomic E-state index is 13.3. The number of carbonyl (C=O) groups is 2. The fraction of sp³-hybridized carbons (Fsp3) is 0.304. The van der Waals surface area contributed by atoms with E-state index >= 15 is 0 Å². The van der Waals surface area contributed by atoms with Gasteiger partial charge >= 0.3 is 0 Å². The highest BCUT2D eigenvalue weighted by Gasteiger charge is 2.26. The Hall–Kier alpha value is -3.46. The minimum Gasteiger partial charge on any atom is -0.472 e. The summed E-state index contributed by atoms with van der Waals surface area (Å²) < 4.78 is 6.82. The molecule has 2 amide bonds. The fourth-order valence-electron chi connectivity index (χ4n) is 4.08. The minimum absolute atomic E-state index is 0.00511. The third kappa shape index (κ3) is 3.80. The van der Waals surface area contributed by atoms with E-state index in [9.17, 15) is 9.59 Å². The van der Waals surface area contributed by atoms with Crippen LogP contribution in [0.15, 0.2) is 52.8 Å². The van der Waals surface area contributed by atoms with Gasteiger partial charge < -0.3 is 14.6 Å². The van der Waals surface area contributed by atoms with Gasteiger partial charge in [-0.2, -0.15) is 5.10 Å². The van der Waals surface area contributed by atoms with Crippen LogP contribution in [-0.2, 0) is 6.54 Å². The molecule has 0 bridgehead atoms. The maximum atomic E-state index is 13.3. The van der Waals surface area contributed by atoms with Crippen molar-refractivity contribution < 1.29 is 14.0 Å². The molecule has 5 rings (SSSR count). The number of aromatic nitrogens is 3. The van der Waals surface area contributed by atoms with Crippen molar-refractivity contribution in [1.29, 1.82) is 0 Å². The van der Waals surface area contributed by atoms with E-state index in [4.69, 9.17) is 9.40 Å². The number of pyridine rings is 1. The van der Waals surface area contributed by atoms with Crippen LogP contribution in [0.1, 0.15) is 40.5 Å². The molecule has 0 spiro atoms. The number of amides is 2. The summed E-state index contributed by atoms with van der Waals surface area (Å²) in [6.07, 6.45) is 6.09. The number of hydrogen-bond donors (Lipinski definition) is 1. The van der Waals surface area contributed by atoms with Gasteiger partial charge in [-0.05, 0) is 43.3 Å². The molecular weight excluding hydrogens is 426 g/mol. The molecule has 9 heteroatoms. The summed E-state index contributed by atoms with van der Waals surface area (Å²) in [5.74, 6) is -0.169. The largest absolute Gasteiger partial charge is 0.472 e. The van der Waals surface area contributed by atoms with Gasteiger partial charge in [0.2, 0.25) is 0 Å². The van der Waals surface area contributed by atoms with Gasteiger partial charge in [0.25, 0.3) is 11.8 Å². The zero-order valence-electron chi connectivity index (χ0n) is 17.7. The van der Waals surface area contributed by atoms with Crippen LogP contribution in [0.25, 0.3) is 21.6 Å². The number of piperidine rings is 1. The Morgan fingerprint density at radius 3 is 2.81 bits per heavy atom. The van der Waals surface area contributed by atoms with Crippen LogP contribution < -0.4 is 5.32 Å². The smallest absolute Gasteiger partial charge is 0.257 e. The first-order chi connectivity index (χ1) is 15.6. The monoisotopic (exact) mass is 449 g/mol. The third-order valence-corrected chi connectivity index (χ3v) is 6.70. The van der Waals surface area contributed by atoms with Gasteiger partial charge in [0.15, 0.2) is 5.65 Å². The zero-order chi connectivity index (χ0) is 22.1. The number of carbonyl (C=O) groups excluding carboxylic acids is 2. The van der Waals surface area contributed by atoms with Crippen LogP contribution >= 0.6 is 11.3 Å². The lowest BCUT2D eigenvalue weighted by atomic mass is 10.0. The summed E-state index contributed by atoms with van der Waals surface area (Å²) in [5, 5.41) is 10.3. The van der Waals surface area contributed by atoms with Crippen molar-refractivity contribution in [2.24, 2.45) is 0 Å². The zero-order valence-corrected chi connectivity index (χ0v) is 18.5. The van der Waals surface area contributed by atoms with Crippen LogP contribution in [-0.4, -0.2) is 50.6 Å². The molecule has 0 atom stereocenters. The van der Waals surface area contributed by atoms with Crippen LogP contribution in [0.4, 0.5) is 0 Å². The van der Waals surface area contributed by atoms with Gasteiger partial charge in [-0.3, -0.25) is 9.59 Å². The molecule has 1 aliphatic heterocycles. The van der Waals surface area contributed by atoms with Crippen LogP contribution in [0.2, 0.25) is 0 Å². The molecule has 8 nitrogen and oxygen atoms in total. The van der Waals surface area contributed by atoms with Crippen molar-refractivity contribution in [3.05, 3.63) is 59.5 Å². The van der Waals surface area contributed by atoms with Crippen molar-refractivity contribution in [1.82, 2.24) is 25.0 Å². The summed E-state index contributed by atoms with van der Waals surface area (Å²) in [5.41, 5.74) is 2.62. The molecule has 0 saturated carbocycles. The molecule has 164 valence electrons. The molecule has 32 heavy (non-hydrogen) atoms. The molecule has 1 N–H and O–H groups in total. The summed E-state index contributed by atoms with van der Waals surface area (Å²) in [6.45, 7) is 3.86. The first kappa shape index (κ1) is 20.4. The molecule has 0 radical (unpaired) electrons. The molecule has 0 unspecified atom stereocenters. The van der Waals surface area contributed by atoms with Gasteiger partial charge in [-0.15, -0.1) is 11.3 Å². The number of furan rings is 1. The average molecular weight is 450 g/mol. The Morgan fingerprint density at radius 1 is 1.28 bits per heavy atom. The van der Waals surface area contributed by atoms with E-state index < -0.39 is 0 Å². The molecule has 1 aliphatic rings. The Morgan fingerprint density at radius 2 is 2.12 bits per heavy atom. The highest BCUT2D eigenvalue weighted by atomic mass is 32.1. The van der Waals surface area contributed by atoms with Gasteiger partial charge in [0.1, 0.15) is 6.26 Å². The highest BCUT2D eigenvalue weighted by molar-refractivity contribution is 7.13. The summed E-state index contributed by atoms with van der Waals surface area (Å²) >= 11 is 1.59. The molecule has 5 heterocycles. The topological polar surface area (TPSA) is 93.3 Å². The lowest BCUT2D eigenvalue weighted by molar-refractivity contribution is 0.0697. The molecule has 1 saturated heterocycles. The number of nitrogens with zero attached hydrogens (tertiary/aromatic N) is 4.